The Labute approximate surface area is 120 Å². The summed E-state index contributed by atoms with van der Waals surface area (Å²) in [4.78, 5) is 9.40. The SMILES string of the molecule is CNCCCCCCN1CCN(c2nccs2)CC1. The minimum Gasteiger partial charge on any atom is -0.346 e. The van der Waals surface area contributed by atoms with Gasteiger partial charge in [-0.15, -0.1) is 11.3 Å². The lowest BCUT2D eigenvalue weighted by atomic mass is 10.2. The highest BCUT2D eigenvalue weighted by atomic mass is 32.1. The van der Waals surface area contributed by atoms with Crippen molar-refractivity contribution in [1.82, 2.24) is 15.2 Å². The van der Waals surface area contributed by atoms with Crippen molar-refractivity contribution in [2.75, 3.05) is 51.2 Å². The summed E-state index contributed by atoms with van der Waals surface area (Å²) in [5.41, 5.74) is 0. The molecule has 2 heterocycles. The predicted molar refractivity (Wildman–Crippen MR) is 83.2 cm³/mol. The van der Waals surface area contributed by atoms with Crippen molar-refractivity contribution >= 4 is 16.5 Å². The third kappa shape index (κ3) is 5.09. The number of aromatic nitrogens is 1. The molecule has 4 nitrogen and oxygen atoms in total. The van der Waals surface area contributed by atoms with E-state index in [0.717, 1.165) is 19.6 Å². The van der Waals surface area contributed by atoms with Crippen LogP contribution in [0.4, 0.5) is 5.13 Å². The van der Waals surface area contributed by atoms with Gasteiger partial charge in [-0.2, -0.15) is 0 Å². The summed E-state index contributed by atoms with van der Waals surface area (Å²) >= 11 is 1.75. The number of rotatable bonds is 8. The zero-order valence-electron chi connectivity index (χ0n) is 12.0. The van der Waals surface area contributed by atoms with Gasteiger partial charge in [0.25, 0.3) is 0 Å². The first kappa shape index (κ1) is 14.8. The van der Waals surface area contributed by atoms with Crippen LogP contribution in [-0.4, -0.2) is 56.2 Å². The van der Waals surface area contributed by atoms with E-state index in [4.69, 9.17) is 0 Å². The normalized spacial score (nSPS) is 17.0. The lowest BCUT2D eigenvalue weighted by Crippen LogP contribution is -2.46. The molecule has 0 amide bonds. The van der Waals surface area contributed by atoms with Crippen LogP contribution in [-0.2, 0) is 0 Å². The van der Waals surface area contributed by atoms with Crippen molar-refractivity contribution in [3.8, 4) is 0 Å². The van der Waals surface area contributed by atoms with E-state index in [1.165, 1.54) is 50.4 Å². The Hall–Kier alpha value is -0.650. The van der Waals surface area contributed by atoms with Gasteiger partial charge < -0.3 is 10.2 Å². The van der Waals surface area contributed by atoms with Crippen LogP contribution in [0.5, 0.6) is 0 Å². The number of unbranched alkanes of at least 4 members (excludes halogenated alkanes) is 3. The van der Waals surface area contributed by atoms with Crippen LogP contribution in [0.2, 0.25) is 0 Å². The molecule has 0 unspecified atom stereocenters. The van der Waals surface area contributed by atoms with Gasteiger partial charge in [-0.25, -0.2) is 4.98 Å². The van der Waals surface area contributed by atoms with Gasteiger partial charge >= 0.3 is 0 Å². The van der Waals surface area contributed by atoms with Crippen molar-refractivity contribution in [1.29, 1.82) is 0 Å². The van der Waals surface area contributed by atoms with Gasteiger partial charge in [-0.3, -0.25) is 4.90 Å². The number of hydrogen-bond donors (Lipinski definition) is 1. The average molecular weight is 282 g/mol. The first-order chi connectivity index (χ1) is 9.40. The van der Waals surface area contributed by atoms with E-state index < -0.39 is 0 Å². The maximum Gasteiger partial charge on any atom is 0.185 e. The number of nitrogens with zero attached hydrogens (tertiary/aromatic N) is 3. The molecule has 1 aliphatic heterocycles. The summed E-state index contributed by atoms with van der Waals surface area (Å²) < 4.78 is 0. The Morgan fingerprint density at radius 1 is 1.16 bits per heavy atom. The zero-order valence-corrected chi connectivity index (χ0v) is 12.8. The van der Waals surface area contributed by atoms with Gasteiger partial charge in [0.05, 0.1) is 0 Å². The first-order valence-corrected chi connectivity index (χ1v) is 8.29. The van der Waals surface area contributed by atoms with E-state index in [9.17, 15) is 0 Å². The highest BCUT2D eigenvalue weighted by Crippen LogP contribution is 2.18. The summed E-state index contributed by atoms with van der Waals surface area (Å²) in [5.74, 6) is 0. The van der Waals surface area contributed by atoms with Crippen LogP contribution in [0.15, 0.2) is 11.6 Å². The van der Waals surface area contributed by atoms with Gasteiger partial charge in [-0.1, -0.05) is 12.8 Å². The topological polar surface area (TPSA) is 31.4 Å². The molecule has 19 heavy (non-hydrogen) atoms. The van der Waals surface area contributed by atoms with Crippen molar-refractivity contribution in [3.05, 3.63) is 11.6 Å². The summed E-state index contributed by atoms with van der Waals surface area (Å²) in [6.07, 6.45) is 7.29. The predicted octanol–water partition coefficient (Wildman–Crippen LogP) is 2.04. The molecule has 0 saturated carbocycles. The molecule has 5 heteroatoms. The second-order valence-corrected chi connectivity index (χ2v) is 6.03. The molecular weight excluding hydrogens is 256 g/mol. The molecule has 2 rings (SSSR count). The Morgan fingerprint density at radius 3 is 2.63 bits per heavy atom. The molecule has 1 N–H and O–H groups in total. The number of hydrogen-bond acceptors (Lipinski definition) is 5. The van der Waals surface area contributed by atoms with Gasteiger partial charge in [0.2, 0.25) is 0 Å². The van der Waals surface area contributed by atoms with Crippen molar-refractivity contribution in [3.63, 3.8) is 0 Å². The monoisotopic (exact) mass is 282 g/mol. The second-order valence-electron chi connectivity index (χ2n) is 5.16. The first-order valence-electron chi connectivity index (χ1n) is 7.41. The zero-order chi connectivity index (χ0) is 13.3. The van der Waals surface area contributed by atoms with Crippen LogP contribution in [0.25, 0.3) is 0 Å². The second kappa shape index (κ2) is 8.51. The van der Waals surface area contributed by atoms with Crippen molar-refractivity contribution < 1.29 is 0 Å². The molecule has 1 fully saturated rings. The summed E-state index contributed by atoms with van der Waals surface area (Å²) in [5, 5.41) is 6.45. The molecule has 0 atom stereocenters. The lowest BCUT2D eigenvalue weighted by molar-refractivity contribution is 0.252. The summed E-state index contributed by atoms with van der Waals surface area (Å²) in [6.45, 7) is 7.07. The number of piperazine rings is 1. The lowest BCUT2D eigenvalue weighted by Gasteiger charge is -2.34. The molecule has 0 aromatic carbocycles. The molecule has 1 aromatic heterocycles. The molecule has 1 aromatic rings. The fourth-order valence-corrected chi connectivity index (χ4v) is 3.22. The fourth-order valence-electron chi connectivity index (χ4n) is 2.53. The van der Waals surface area contributed by atoms with E-state index in [2.05, 4.69) is 25.5 Å². The van der Waals surface area contributed by atoms with Crippen molar-refractivity contribution in [2.45, 2.75) is 25.7 Å². The van der Waals surface area contributed by atoms with Gasteiger partial charge in [0.1, 0.15) is 0 Å². The molecule has 1 saturated heterocycles. The van der Waals surface area contributed by atoms with Crippen LogP contribution >= 0.6 is 11.3 Å². The molecule has 0 aliphatic carbocycles. The Balaban J connectivity index is 1.54. The van der Waals surface area contributed by atoms with Gasteiger partial charge in [-0.05, 0) is 33.0 Å². The van der Waals surface area contributed by atoms with Crippen LogP contribution in [0.3, 0.4) is 0 Å². The number of nitrogens with one attached hydrogen (secondary N) is 1. The van der Waals surface area contributed by atoms with E-state index >= 15 is 0 Å². The fraction of sp³-hybridized carbons (Fsp3) is 0.786. The Morgan fingerprint density at radius 2 is 1.95 bits per heavy atom. The molecule has 0 radical (unpaired) electrons. The molecule has 108 valence electrons. The summed E-state index contributed by atoms with van der Waals surface area (Å²) in [6, 6.07) is 0. The van der Waals surface area contributed by atoms with Crippen LogP contribution in [0.1, 0.15) is 25.7 Å². The standard InChI is InChI=1S/C14H26N4S/c1-15-6-4-2-3-5-8-17-9-11-18(12-10-17)14-16-7-13-19-14/h7,13,15H,2-6,8-12H2,1H3. The highest BCUT2D eigenvalue weighted by Gasteiger charge is 2.17. The largest absolute Gasteiger partial charge is 0.346 e. The molecule has 0 bridgehead atoms. The van der Waals surface area contributed by atoms with E-state index in [1.807, 2.05) is 13.2 Å². The van der Waals surface area contributed by atoms with Crippen LogP contribution in [0, 0.1) is 0 Å². The molecule has 0 spiro atoms. The van der Waals surface area contributed by atoms with Gasteiger partial charge in [0, 0.05) is 37.8 Å². The quantitative estimate of drug-likeness (QED) is 0.740. The third-order valence-corrected chi connectivity index (χ3v) is 4.55. The minimum absolute atomic E-state index is 1.13. The minimum atomic E-state index is 1.13. The maximum absolute atomic E-state index is 4.39. The number of thiazole rings is 1. The maximum atomic E-state index is 4.39. The average Bonchev–Trinajstić information content (AvgIpc) is 2.97. The van der Waals surface area contributed by atoms with Gasteiger partial charge in [0.15, 0.2) is 5.13 Å². The smallest absolute Gasteiger partial charge is 0.185 e. The molecular formula is C14H26N4S. The molecule has 1 aliphatic rings. The Bertz CT molecular complexity index is 320. The van der Waals surface area contributed by atoms with Crippen LogP contribution < -0.4 is 10.2 Å². The van der Waals surface area contributed by atoms with E-state index in [0.29, 0.717) is 0 Å². The van der Waals surface area contributed by atoms with Crippen molar-refractivity contribution in [2.24, 2.45) is 0 Å². The third-order valence-electron chi connectivity index (χ3n) is 3.71. The number of anilines is 1. The highest BCUT2D eigenvalue weighted by molar-refractivity contribution is 7.13. The van der Waals surface area contributed by atoms with E-state index in [-0.39, 0.29) is 0 Å². The summed E-state index contributed by atoms with van der Waals surface area (Å²) in [7, 11) is 2.03. The Kier molecular flexibility index (Phi) is 6.61. The van der Waals surface area contributed by atoms with E-state index in [1.54, 1.807) is 11.3 Å².